The summed E-state index contributed by atoms with van der Waals surface area (Å²) in [5.41, 5.74) is 10.5. The zero-order valence-corrected chi connectivity index (χ0v) is 14.6. The van der Waals surface area contributed by atoms with Crippen molar-refractivity contribution in [2.75, 3.05) is 36.5 Å². The van der Waals surface area contributed by atoms with Gasteiger partial charge in [-0.1, -0.05) is 18.2 Å². The van der Waals surface area contributed by atoms with Crippen molar-refractivity contribution in [2.24, 2.45) is 15.7 Å². The van der Waals surface area contributed by atoms with E-state index in [-0.39, 0.29) is 0 Å². The first-order chi connectivity index (χ1) is 12.8. The Morgan fingerprint density at radius 1 is 1.12 bits per heavy atom. The van der Waals surface area contributed by atoms with Crippen molar-refractivity contribution in [1.29, 1.82) is 0 Å². The lowest BCUT2D eigenvalue weighted by molar-refractivity contribution is -0.448. The molecule has 1 saturated heterocycles. The number of nitrogens with two attached hydrogens (primary N) is 2. The predicted molar refractivity (Wildman–Crippen MR) is 104 cm³/mol. The first-order valence-electron chi connectivity index (χ1n) is 8.79. The summed E-state index contributed by atoms with van der Waals surface area (Å²) in [5.74, 6) is 0.970. The number of nitrogens with one attached hydrogen (secondary N) is 1. The molecule has 0 spiro atoms. The smallest absolute Gasteiger partial charge is 0.329 e. The summed E-state index contributed by atoms with van der Waals surface area (Å²) < 4.78 is 5.39. The third kappa shape index (κ3) is 3.84. The van der Waals surface area contributed by atoms with Crippen LogP contribution in [-0.4, -0.2) is 38.2 Å². The van der Waals surface area contributed by atoms with E-state index in [1.165, 1.54) is 11.3 Å². The molecule has 2 aromatic carbocycles. The lowest BCUT2D eigenvalue weighted by Gasteiger charge is -2.28. The minimum Gasteiger partial charge on any atom is -0.378 e. The molecule has 2 aliphatic rings. The van der Waals surface area contributed by atoms with Crippen LogP contribution in [0, 0.1) is 0 Å². The second kappa shape index (κ2) is 7.55. The molecule has 7 nitrogen and oxygen atoms in total. The number of aliphatic imine (C=N–C) groups is 2. The van der Waals surface area contributed by atoms with Gasteiger partial charge in [-0.3, -0.25) is 0 Å². The van der Waals surface area contributed by atoms with Gasteiger partial charge in [0.15, 0.2) is 0 Å². The number of guanidine groups is 2. The van der Waals surface area contributed by atoms with Crippen molar-refractivity contribution >= 4 is 29.0 Å². The van der Waals surface area contributed by atoms with Crippen LogP contribution < -0.4 is 21.3 Å². The number of fused-ring (bicyclic) bond motifs is 1. The van der Waals surface area contributed by atoms with Crippen molar-refractivity contribution in [3.63, 3.8) is 0 Å². The molecule has 26 heavy (non-hydrogen) atoms. The largest absolute Gasteiger partial charge is 0.378 e. The summed E-state index contributed by atoms with van der Waals surface area (Å²) in [6, 6.07) is 16.4. The molecule has 0 radical (unpaired) electrons. The molecule has 0 aliphatic carbocycles. The normalized spacial score (nSPS) is 17.5. The molecule has 0 atom stereocenters. The third-order valence-corrected chi connectivity index (χ3v) is 4.50. The molecule has 134 valence electrons. The lowest BCUT2D eigenvalue weighted by atomic mass is 10.1. The van der Waals surface area contributed by atoms with Gasteiger partial charge < -0.3 is 20.7 Å². The number of quaternary nitrogens is 1. The van der Waals surface area contributed by atoms with E-state index in [0.29, 0.717) is 18.5 Å². The molecule has 0 unspecified atom stereocenters. The third-order valence-electron chi connectivity index (χ3n) is 4.50. The standard InChI is InChI=1S/C19H22N6O/c20-18(24-19-21-13-14-3-1-2-4-17(14)23-19)22-15-5-7-16(8-6-15)25-9-11-26-12-10-25/h1-8H,9-13H2,(H4,20,21,22,23,24)/p+1. The highest BCUT2D eigenvalue weighted by atomic mass is 16.5. The van der Waals surface area contributed by atoms with Gasteiger partial charge in [-0.2, -0.15) is 0 Å². The van der Waals surface area contributed by atoms with Crippen LogP contribution in [0.2, 0.25) is 0 Å². The van der Waals surface area contributed by atoms with E-state index >= 15 is 0 Å². The maximum Gasteiger partial charge on any atom is 0.329 e. The van der Waals surface area contributed by atoms with Crippen molar-refractivity contribution in [2.45, 2.75) is 6.54 Å². The van der Waals surface area contributed by atoms with Crippen LogP contribution in [0.5, 0.6) is 0 Å². The average molecular weight is 351 g/mol. The number of para-hydroxylation sites is 1. The van der Waals surface area contributed by atoms with Crippen LogP contribution in [0.4, 0.5) is 17.1 Å². The fraction of sp³-hybridized carbons (Fsp3) is 0.263. The van der Waals surface area contributed by atoms with E-state index in [1.807, 2.05) is 29.6 Å². The van der Waals surface area contributed by atoms with Crippen molar-refractivity contribution in [3.05, 3.63) is 54.1 Å². The number of ether oxygens (including phenoxy) is 1. The molecule has 5 N–H and O–H groups in total. The molecule has 4 rings (SSSR count). The Kier molecular flexibility index (Phi) is 4.81. The second-order valence-corrected chi connectivity index (χ2v) is 6.29. The molecule has 2 aliphatic heterocycles. The summed E-state index contributed by atoms with van der Waals surface area (Å²) in [6.07, 6.45) is 0. The molecular weight excluding hydrogens is 328 g/mol. The Bertz CT molecular complexity index is 824. The Balaban J connectivity index is 1.39. The number of anilines is 2. The Morgan fingerprint density at radius 2 is 1.88 bits per heavy atom. The van der Waals surface area contributed by atoms with Gasteiger partial charge in [0.2, 0.25) is 5.96 Å². The van der Waals surface area contributed by atoms with Gasteiger partial charge in [0.05, 0.1) is 19.8 Å². The highest BCUT2D eigenvalue weighted by molar-refractivity contribution is 5.99. The van der Waals surface area contributed by atoms with Crippen LogP contribution in [-0.2, 0) is 11.3 Å². The molecule has 2 aromatic rings. The summed E-state index contributed by atoms with van der Waals surface area (Å²) in [6.45, 7) is 4.04. The summed E-state index contributed by atoms with van der Waals surface area (Å²) in [7, 11) is 0. The SMILES string of the molecule is NC(=NC1=NCc2ccccc2[NH2+]1)Nc1ccc(N2CCOCC2)cc1. The van der Waals surface area contributed by atoms with Crippen molar-refractivity contribution in [3.8, 4) is 0 Å². The van der Waals surface area contributed by atoms with Gasteiger partial charge in [-0.15, -0.1) is 4.99 Å². The molecule has 1 fully saturated rings. The number of hydrogen-bond acceptors (Lipinski definition) is 4. The van der Waals surface area contributed by atoms with E-state index in [2.05, 4.69) is 44.5 Å². The number of nitrogens with zero attached hydrogens (tertiary/aromatic N) is 3. The second-order valence-electron chi connectivity index (χ2n) is 6.29. The minimum absolute atomic E-state index is 0.332. The molecule has 0 aromatic heterocycles. The minimum atomic E-state index is 0.332. The number of rotatable bonds is 2. The molecular formula is C19H23N6O+. The lowest BCUT2D eigenvalue weighted by Crippen LogP contribution is -2.83. The van der Waals surface area contributed by atoms with E-state index in [9.17, 15) is 0 Å². The van der Waals surface area contributed by atoms with Crippen LogP contribution in [0.3, 0.4) is 0 Å². The molecule has 2 heterocycles. The van der Waals surface area contributed by atoms with E-state index in [4.69, 9.17) is 10.5 Å². The quantitative estimate of drug-likeness (QED) is 0.428. The van der Waals surface area contributed by atoms with Gasteiger partial charge in [-0.05, 0) is 30.3 Å². The van der Waals surface area contributed by atoms with Crippen molar-refractivity contribution in [1.82, 2.24) is 0 Å². The van der Waals surface area contributed by atoms with Crippen LogP contribution in [0.15, 0.2) is 58.5 Å². The van der Waals surface area contributed by atoms with E-state index in [0.717, 1.165) is 37.7 Å². The highest BCUT2D eigenvalue weighted by Gasteiger charge is 2.16. The van der Waals surface area contributed by atoms with Gasteiger partial charge in [-0.25, -0.2) is 10.3 Å². The Labute approximate surface area is 152 Å². The van der Waals surface area contributed by atoms with Gasteiger partial charge in [0, 0.05) is 30.0 Å². The Hall–Kier alpha value is -2.90. The summed E-state index contributed by atoms with van der Waals surface area (Å²) in [4.78, 5) is 11.2. The first-order valence-corrected chi connectivity index (χ1v) is 8.79. The first kappa shape index (κ1) is 16.6. The average Bonchev–Trinajstić information content (AvgIpc) is 2.69. The summed E-state index contributed by atoms with van der Waals surface area (Å²) >= 11 is 0. The Morgan fingerprint density at radius 3 is 2.69 bits per heavy atom. The molecule has 0 amide bonds. The zero-order chi connectivity index (χ0) is 17.8. The van der Waals surface area contributed by atoms with Crippen molar-refractivity contribution < 1.29 is 10.1 Å². The van der Waals surface area contributed by atoms with Gasteiger partial charge >= 0.3 is 5.96 Å². The van der Waals surface area contributed by atoms with Crippen LogP contribution in [0.25, 0.3) is 0 Å². The fourth-order valence-corrected chi connectivity index (χ4v) is 3.11. The van der Waals surface area contributed by atoms with Crippen LogP contribution >= 0.6 is 0 Å². The van der Waals surface area contributed by atoms with Gasteiger partial charge in [0.25, 0.3) is 0 Å². The fourth-order valence-electron chi connectivity index (χ4n) is 3.11. The van der Waals surface area contributed by atoms with Crippen LogP contribution in [0.1, 0.15) is 5.56 Å². The number of benzene rings is 2. The topological polar surface area (TPSA) is 91.8 Å². The molecule has 0 saturated carbocycles. The summed E-state index contributed by atoms with van der Waals surface area (Å²) in [5, 5.41) is 5.08. The number of hydrogen-bond donors (Lipinski definition) is 3. The maximum atomic E-state index is 6.05. The van der Waals surface area contributed by atoms with E-state index in [1.54, 1.807) is 0 Å². The maximum absolute atomic E-state index is 6.05. The number of morpholine rings is 1. The highest BCUT2D eigenvalue weighted by Crippen LogP contribution is 2.19. The zero-order valence-electron chi connectivity index (χ0n) is 14.6. The van der Waals surface area contributed by atoms with E-state index < -0.39 is 0 Å². The van der Waals surface area contributed by atoms with Gasteiger partial charge in [0.1, 0.15) is 5.69 Å². The monoisotopic (exact) mass is 351 g/mol. The predicted octanol–water partition coefficient (Wildman–Crippen LogP) is 1.01. The molecule has 7 heteroatoms. The molecule has 0 bridgehead atoms.